The molecular weight excluding hydrogens is 346 g/mol. The summed E-state index contributed by atoms with van der Waals surface area (Å²) in [7, 11) is 2.09. The highest BCUT2D eigenvalue weighted by Gasteiger charge is 2.23. The lowest BCUT2D eigenvalue weighted by molar-refractivity contribution is -0.121. The van der Waals surface area contributed by atoms with Crippen molar-refractivity contribution in [3.05, 3.63) is 35.7 Å². The van der Waals surface area contributed by atoms with Crippen molar-refractivity contribution in [1.29, 1.82) is 0 Å². The summed E-state index contributed by atoms with van der Waals surface area (Å²) in [5.41, 5.74) is 0.891. The lowest BCUT2D eigenvalue weighted by Gasteiger charge is -2.27. The van der Waals surface area contributed by atoms with Gasteiger partial charge in [0.1, 0.15) is 5.82 Å². The number of nitrogens with one attached hydrogen (secondary N) is 1. The first-order valence-corrected chi connectivity index (χ1v) is 9.58. The second-order valence-electron chi connectivity index (χ2n) is 6.80. The van der Waals surface area contributed by atoms with Crippen LogP contribution < -0.4 is 5.32 Å². The van der Waals surface area contributed by atoms with E-state index in [1.807, 2.05) is 31.5 Å². The zero-order valence-corrected chi connectivity index (χ0v) is 15.7. The Labute approximate surface area is 156 Å². The number of piperidine rings is 1. The van der Waals surface area contributed by atoms with Crippen molar-refractivity contribution < 1.29 is 4.79 Å². The van der Waals surface area contributed by atoms with Crippen LogP contribution in [0.1, 0.15) is 17.8 Å². The maximum atomic E-state index is 12.5. The molecule has 3 aromatic rings. The molecular formula is C19H21N5OS. The van der Waals surface area contributed by atoms with E-state index in [1.54, 1.807) is 17.5 Å². The van der Waals surface area contributed by atoms with Crippen molar-refractivity contribution in [2.75, 3.05) is 25.5 Å². The van der Waals surface area contributed by atoms with Crippen molar-refractivity contribution >= 4 is 33.8 Å². The molecule has 0 aliphatic carbocycles. The van der Waals surface area contributed by atoms with E-state index in [0.717, 1.165) is 52.3 Å². The first-order valence-electron chi connectivity index (χ1n) is 8.76. The number of thiazole rings is 1. The molecule has 1 fully saturated rings. The lowest BCUT2D eigenvalue weighted by atomic mass is 9.96. The number of likely N-dealkylation sites (tertiary alicyclic amines) is 1. The molecule has 0 saturated carbocycles. The molecule has 0 spiro atoms. The number of carbonyl (C=O) groups excluding carboxylic acids is 1. The van der Waals surface area contributed by atoms with Gasteiger partial charge in [-0.05, 0) is 57.4 Å². The van der Waals surface area contributed by atoms with Crippen molar-refractivity contribution in [2.45, 2.75) is 19.8 Å². The van der Waals surface area contributed by atoms with E-state index in [2.05, 4.69) is 32.2 Å². The Morgan fingerprint density at radius 1 is 1.12 bits per heavy atom. The molecule has 0 atom stereocenters. The van der Waals surface area contributed by atoms with Crippen LogP contribution in [0.25, 0.3) is 21.3 Å². The summed E-state index contributed by atoms with van der Waals surface area (Å²) in [5.74, 6) is 0.730. The van der Waals surface area contributed by atoms with Crippen molar-refractivity contribution in [2.24, 2.45) is 5.92 Å². The van der Waals surface area contributed by atoms with Crippen LogP contribution in [0.4, 0.5) is 5.82 Å². The van der Waals surface area contributed by atoms with Gasteiger partial charge in [0.15, 0.2) is 0 Å². The molecule has 1 aliphatic heterocycles. The van der Waals surface area contributed by atoms with Crippen LogP contribution in [0.3, 0.4) is 0 Å². The SMILES string of the molecule is Cc1ncc(-c2cc3cc(NC(=O)C4CCN(C)CC4)ncc3cn2)s1. The molecule has 0 bridgehead atoms. The summed E-state index contributed by atoms with van der Waals surface area (Å²) >= 11 is 1.62. The number of rotatable bonds is 3. The third-order valence-electron chi connectivity index (χ3n) is 4.82. The summed E-state index contributed by atoms with van der Waals surface area (Å²) in [6.07, 6.45) is 7.21. The van der Waals surface area contributed by atoms with Crippen LogP contribution >= 0.6 is 11.3 Å². The zero-order valence-electron chi connectivity index (χ0n) is 14.9. The highest BCUT2D eigenvalue weighted by atomic mass is 32.1. The standard InChI is InChI=1S/C19H21N5OS/c1-12-20-11-17(26-12)16-7-14-8-18(22-10-15(14)9-21-16)23-19(25)13-3-5-24(2)6-4-13/h7-11,13H,3-6H2,1-2H3,(H,22,23,25). The van der Waals surface area contributed by atoms with Crippen LogP contribution in [0.15, 0.2) is 30.7 Å². The number of fused-ring (bicyclic) bond motifs is 1. The fraction of sp³-hybridized carbons (Fsp3) is 0.368. The Bertz CT molecular complexity index is 946. The average Bonchev–Trinajstić information content (AvgIpc) is 3.08. The topological polar surface area (TPSA) is 71.0 Å². The van der Waals surface area contributed by atoms with E-state index in [0.29, 0.717) is 5.82 Å². The molecule has 134 valence electrons. The van der Waals surface area contributed by atoms with E-state index < -0.39 is 0 Å². The molecule has 4 rings (SSSR count). The number of amides is 1. The van der Waals surface area contributed by atoms with Crippen molar-refractivity contribution in [3.63, 3.8) is 0 Å². The summed E-state index contributed by atoms with van der Waals surface area (Å²) in [6, 6.07) is 3.94. The molecule has 0 aromatic carbocycles. The van der Waals surface area contributed by atoms with Gasteiger partial charge in [0, 0.05) is 29.9 Å². The molecule has 1 N–H and O–H groups in total. The van der Waals surface area contributed by atoms with Crippen LogP contribution in [-0.4, -0.2) is 45.9 Å². The van der Waals surface area contributed by atoms with Gasteiger partial charge < -0.3 is 10.2 Å². The maximum Gasteiger partial charge on any atom is 0.228 e. The Morgan fingerprint density at radius 3 is 2.62 bits per heavy atom. The van der Waals surface area contributed by atoms with Crippen LogP contribution in [-0.2, 0) is 4.79 Å². The van der Waals surface area contributed by atoms with E-state index in [9.17, 15) is 4.79 Å². The quantitative estimate of drug-likeness (QED) is 0.769. The fourth-order valence-corrected chi connectivity index (χ4v) is 3.97. The largest absolute Gasteiger partial charge is 0.310 e. The average molecular weight is 367 g/mol. The van der Waals surface area contributed by atoms with E-state index in [-0.39, 0.29) is 11.8 Å². The number of carbonyl (C=O) groups is 1. The smallest absolute Gasteiger partial charge is 0.228 e. The normalized spacial score (nSPS) is 16.1. The molecule has 1 amide bonds. The summed E-state index contributed by atoms with van der Waals surface area (Å²) in [5, 5.41) is 5.96. The number of hydrogen-bond acceptors (Lipinski definition) is 6. The first-order chi connectivity index (χ1) is 12.6. The van der Waals surface area contributed by atoms with Gasteiger partial charge in [0.2, 0.25) is 5.91 Å². The highest BCUT2D eigenvalue weighted by molar-refractivity contribution is 7.15. The van der Waals surface area contributed by atoms with Crippen molar-refractivity contribution in [1.82, 2.24) is 19.9 Å². The second-order valence-corrected chi connectivity index (χ2v) is 8.03. The Morgan fingerprint density at radius 2 is 1.88 bits per heavy atom. The van der Waals surface area contributed by atoms with Gasteiger partial charge in [0.05, 0.1) is 15.6 Å². The number of hydrogen-bond donors (Lipinski definition) is 1. The molecule has 26 heavy (non-hydrogen) atoms. The van der Waals surface area contributed by atoms with Gasteiger partial charge >= 0.3 is 0 Å². The Kier molecular flexibility index (Phi) is 4.65. The van der Waals surface area contributed by atoms with E-state index in [1.165, 1.54) is 0 Å². The zero-order chi connectivity index (χ0) is 18.1. The van der Waals surface area contributed by atoms with Gasteiger partial charge in [0.25, 0.3) is 0 Å². The number of anilines is 1. The molecule has 0 unspecified atom stereocenters. The number of pyridine rings is 2. The minimum atomic E-state index is 0.0665. The second kappa shape index (κ2) is 7.09. The third kappa shape index (κ3) is 3.59. The number of aryl methyl sites for hydroxylation is 1. The molecule has 6 nitrogen and oxygen atoms in total. The van der Waals surface area contributed by atoms with Crippen molar-refractivity contribution in [3.8, 4) is 10.6 Å². The lowest BCUT2D eigenvalue weighted by Crippen LogP contribution is -2.36. The summed E-state index contributed by atoms with van der Waals surface area (Å²) in [6.45, 7) is 3.91. The molecule has 3 aromatic heterocycles. The maximum absolute atomic E-state index is 12.5. The van der Waals surface area contributed by atoms with E-state index >= 15 is 0 Å². The molecule has 4 heterocycles. The minimum absolute atomic E-state index is 0.0665. The molecule has 1 aliphatic rings. The predicted molar refractivity (Wildman–Crippen MR) is 104 cm³/mol. The number of aromatic nitrogens is 3. The number of nitrogens with zero attached hydrogens (tertiary/aromatic N) is 4. The molecule has 0 radical (unpaired) electrons. The fourth-order valence-electron chi connectivity index (χ4n) is 3.22. The summed E-state index contributed by atoms with van der Waals surface area (Å²) in [4.78, 5) is 29.0. The predicted octanol–water partition coefficient (Wildman–Crippen LogP) is 3.34. The Balaban J connectivity index is 1.55. The van der Waals surface area contributed by atoms with Gasteiger partial charge in [-0.3, -0.25) is 9.78 Å². The minimum Gasteiger partial charge on any atom is -0.310 e. The molecule has 7 heteroatoms. The van der Waals surface area contributed by atoms with Gasteiger partial charge in [-0.25, -0.2) is 9.97 Å². The van der Waals surface area contributed by atoms with Gasteiger partial charge in [-0.15, -0.1) is 11.3 Å². The monoisotopic (exact) mass is 367 g/mol. The van der Waals surface area contributed by atoms with Gasteiger partial charge in [-0.1, -0.05) is 0 Å². The van der Waals surface area contributed by atoms with Crippen LogP contribution in [0.2, 0.25) is 0 Å². The first kappa shape index (κ1) is 17.1. The molecule has 1 saturated heterocycles. The highest BCUT2D eigenvalue weighted by Crippen LogP contribution is 2.27. The van der Waals surface area contributed by atoms with Gasteiger partial charge in [-0.2, -0.15) is 0 Å². The van der Waals surface area contributed by atoms with E-state index in [4.69, 9.17) is 0 Å². The van der Waals surface area contributed by atoms with Crippen LogP contribution in [0.5, 0.6) is 0 Å². The van der Waals surface area contributed by atoms with Crippen LogP contribution in [0, 0.1) is 12.8 Å². The third-order valence-corrected chi connectivity index (χ3v) is 5.75. The Hall–Kier alpha value is -2.38. The summed E-state index contributed by atoms with van der Waals surface area (Å²) < 4.78 is 0.